The molecule has 1 aromatic carbocycles. The van der Waals surface area contributed by atoms with Crippen molar-refractivity contribution in [1.82, 2.24) is 10.4 Å². The quantitative estimate of drug-likeness (QED) is 0.792. The molecule has 0 aliphatic carbocycles. The number of rotatable bonds is 4. The van der Waals surface area contributed by atoms with Gasteiger partial charge in [-0.25, -0.2) is 14.2 Å². The maximum absolute atomic E-state index is 12.8. The molecule has 18 heavy (non-hydrogen) atoms. The Kier molecular flexibility index (Phi) is 4.61. The van der Waals surface area contributed by atoms with Crippen LogP contribution in [0.25, 0.3) is 0 Å². The average molecular weight is 256 g/mol. The van der Waals surface area contributed by atoms with Crippen LogP contribution in [0, 0.1) is 5.82 Å². The number of carbonyl (C=O) groups is 2. The molecule has 7 heteroatoms. The number of nitrogens with zero attached hydrogens (tertiary/aromatic N) is 1. The topological polar surface area (TPSA) is 78.9 Å². The summed E-state index contributed by atoms with van der Waals surface area (Å²) in [6.07, 6.45) is -1.36. The Morgan fingerprint density at radius 1 is 1.39 bits per heavy atom. The lowest BCUT2D eigenvalue weighted by Crippen LogP contribution is -2.40. The molecule has 2 N–H and O–H groups in total. The Morgan fingerprint density at radius 2 is 1.94 bits per heavy atom. The maximum Gasteiger partial charge on any atom is 0.405 e. The lowest BCUT2D eigenvalue weighted by Gasteiger charge is -2.21. The van der Waals surface area contributed by atoms with Crippen LogP contribution < -0.4 is 5.32 Å². The lowest BCUT2D eigenvalue weighted by molar-refractivity contribution is -0.171. The summed E-state index contributed by atoms with van der Waals surface area (Å²) in [4.78, 5) is 27.2. The Hall–Kier alpha value is -2.15. The number of halogens is 1. The third kappa shape index (κ3) is 3.42. The van der Waals surface area contributed by atoms with Gasteiger partial charge in [-0.3, -0.25) is 9.63 Å². The molecule has 0 spiro atoms. The number of likely N-dealkylation sites (N-methyl/N-ethyl adjacent to an activating group) is 1. The minimum Gasteiger partial charge on any atom is -0.465 e. The predicted molar refractivity (Wildman–Crippen MR) is 60.1 cm³/mol. The molecule has 0 fully saturated rings. The highest BCUT2D eigenvalue weighted by atomic mass is 19.1. The Morgan fingerprint density at radius 3 is 2.39 bits per heavy atom. The van der Waals surface area contributed by atoms with E-state index in [0.717, 1.165) is 17.2 Å². The smallest absolute Gasteiger partial charge is 0.405 e. The molecule has 0 aromatic heterocycles. The molecule has 0 aliphatic rings. The Bertz CT molecular complexity index is 435. The summed E-state index contributed by atoms with van der Waals surface area (Å²) in [5.41, 5.74) is 0.327. The van der Waals surface area contributed by atoms with E-state index in [-0.39, 0.29) is 0 Å². The zero-order valence-corrected chi connectivity index (χ0v) is 9.88. The van der Waals surface area contributed by atoms with Crippen LogP contribution in [-0.4, -0.2) is 36.3 Å². The van der Waals surface area contributed by atoms with Gasteiger partial charge in [-0.2, -0.15) is 0 Å². The number of carbonyl (C=O) groups excluding carboxylic acids is 1. The summed E-state index contributed by atoms with van der Waals surface area (Å²) in [6, 6.07) is 3.81. The largest absolute Gasteiger partial charge is 0.465 e. The van der Waals surface area contributed by atoms with Crippen LogP contribution in [0.5, 0.6) is 0 Å². The highest BCUT2D eigenvalue weighted by molar-refractivity contribution is 5.85. The molecule has 0 radical (unpaired) electrons. The maximum atomic E-state index is 12.8. The monoisotopic (exact) mass is 256 g/mol. The minimum absolute atomic E-state index is 0.327. The first-order valence-corrected chi connectivity index (χ1v) is 5.02. The average Bonchev–Trinajstić information content (AvgIpc) is 2.35. The molecule has 0 aliphatic heterocycles. The van der Waals surface area contributed by atoms with E-state index in [0.29, 0.717) is 5.56 Å². The second-order valence-electron chi connectivity index (χ2n) is 3.45. The van der Waals surface area contributed by atoms with Crippen LogP contribution >= 0.6 is 0 Å². The molecular weight excluding hydrogens is 243 g/mol. The summed E-state index contributed by atoms with van der Waals surface area (Å²) in [7, 11) is 2.63. The zero-order valence-electron chi connectivity index (χ0n) is 9.88. The predicted octanol–water partition coefficient (Wildman–Crippen LogP) is 1.15. The lowest BCUT2D eigenvalue weighted by atomic mass is 10.1. The second kappa shape index (κ2) is 5.97. The van der Waals surface area contributed by atoms with Gasteiger partial charge in [-0.15, -0.1) is 0 Å². The fourth-order valence-electron chi connectivity index (χ4n) is 1.34. The molecule has 1 aromatic rings. The SMILES string of the molecule is CON(C)C(=O)C(NC(=O)O)c1ccc(F)cc1. The van der Waals surface area contributed by atoms with Gasteiger partial charge in [0.25, 0.3) is 5.91 Å². The van der Waals surface area contributed by atoms with E-state index >= 15 is 0 Å². The summed E-state index contributed by atoms with van der Waals surface area (Å²) in [5.74, 6) is -1.08. The van der Waals surface area contributed by atoms with Crippen molar-refractivity contribution >= 4 is 12.0 Å². The van der Waals surface area contributed by atoms with Gasteiger partial charge in [-0.1, -0.05) is 12.1 Å². The van der Waals surface area contributed by atoms with Crippen molar-refractivity contribution in [3.05, 3.63) is 35.6 Å². The number of benzene rings is 1. The van der Waals surface area contributed by atoms with Gasteiger partial charge in [0, 0.05) is 7.05 Å². The summed E-state index contributed by atoms with van der Waals surface area (Å²) in [5, 5.41) is 11.7. The fraction of sp³-hybridized carbons (Fsp3) is 0.273. The van der Waals surface area contributed by atoms with Crippen LogP contribution in [0.2, 0.25) is 0 Å². The highest BCUT2D eigenvalue weighted by Gasteiger charge is 2.25. The van der Waals surface area contributed by atoms with E-state index in [1.807, 2.05) is 0 Å². The van der Waals surface area contributed by atoms with Crippen LogP contribution in [0.4, 0.5) is 9.18 Å². The number of carboxylic acid groups (broad SMARTS) is 1. The third-order valence-electron chi connectivity index (χ3n) is 2.30. The van der Waals surface area contributed by atoms with Crippen molar-refractivity contribution in [2.24, 2.45) is 0 Å². The molecule has 98 valence electrons. The fourth-order valence-corrected chi connectivity index (χ4v) is 1.34. The summed E-state index contributed by atoms with van der Waals surface area (Å²) in [6.45, 7) is 0. The molecule has 0 saturated heterocycles. The van der Waals surface area contributed by atoms with Gasteiger partial charge in [0.2, 0.25) is 0 Å². The minimum atomic E-state index is -1.36. The number of hydrogen-bond acceptors (Lipinski definition) is 3. The van der Waals surface area contributed by atoms with Crippen LogP contribution in [-0.2, 0) is 9.63 Å². The van der Waals surface area contributed by atoms with Gasteiger partial charge >= 0.3 is 6.09 Å². The number of nitrogens with one attached hydrogen (secondary N) is 1. The van der Waals surface area contributed by atoms with Crippen LogP contribution in [0.1, 0.15) is 11.6 Å². The summed E-state index contributed by atoms with van der Waals surface area (Å²) < 4.78 is 12.8. The van der Waals surface area contributed by atoms with Crippen molar-refractivity contribution in [3.8, 4) is 0 Å². The highest BCUT2D eigenvalue weighted by Crippen LogP contribution is 2.16. The van der Waals surface area contributed by atoms with Crippen molar-refractivity contribution in [2.45, 2.75) is 6.04 Å². The standard InChI is InChI=1S/C11H13FN2O4/c1-14(18-2)10(15)9(13-11(16)17)7-3-5-8(12)6-4-7/h3-6,9,13H,1-2H3,(H,16,17). The van der Waals surface area contributed by atoms with Crippen molar-refractivity contribution < 1.29 is 23.9 Å². The van der Waals surface area contributed by atoms with Crippen molar-refractivity contribution in [3.63, 3.8) is 0 Å². The van der Waals surface area contributed by atoms with E-state index in [4.69, 9.17) is 9.94 Å². The van der Waals surface area contributed by atoms with E-state index in [1.165, 1.54) is 26.3 Å². The van der Waals surface area contributed by atoms with E-state index in [2.05, 4.69) is 5.32 Å². The third-order valence-corrected chi connectivity index (χ3v) is 2.30. The number of hydrogen-bond donors (Lipinski definition) is 2. The van der Waals surface area contributed by atoms with Crippen molar-refractivity contribution in [1.29, 1.82) is 0 Å². The number of amides is 2. The zero-order chi connectivity index (χ0) is 13.7. The summed E-state index contributed by atoms with van der Waals surface area (Å²) >= 11 is 0. The van der Waals surface area contributed by atoms with Crippen molar-refractivity contribution in [2.75, 3.05) is 14.2 Å². The Balaban J connectivity index is 3.01. The first kappa shape index (κ1) is 13.9. The molecule has 0 saturated carbocycles. The molecule has 0 heterocycles. The molecule has 6 nitrogen and oxygen atoms in total. The second-order valence-corrected chi connectivity index (χ2v) is 3.45. The van der Waals surface area contributed by atoms with E-state index in [9.17, 15) is 14.0 Å². The molecule has 1 unspecified atom stereocenters. The van der Waals surface area contributed by atoms with Gasteiger partial charge in [0.05, 0.1) is 7.11 Å². The van der Waals surface area contributed by atoms with E-state index < -0.39 is 23.9 Å². The first-order valence-electron chi connectivity index (χ1n) is 5.02. The van der Waals surface area contributed by atoms with Crippen LogP contribution in [0.3, 0.4) is 0 Å². The van der Waals surface area contributed by atoms with E-state index in [1.54, 1.807) is 0 Å². The van der Waals surface area contributed by atoms with Gasteiger partial charge < -0.3 is 10.4 Å². The van der Waals surface area contributed by atoms with Gasteiger partial charge in [0.15, 0.2) is 0 Å². The normalized spacial score (nSPS) is 11.7. The molecular formula is C11H13FN2O4. The Labute approximate surface area is 103 Å². The van der Waals surface area contributed by atoms with Crippen LogP contribution in [0.15, 0.2) is 24.3 Å². The van der Waals surface area contributed by atoms with Gasteiger partial charge in [-0.05, 0) is 17.7 Å². The molecule has 2 amide bonds. The molecule has 0 bridgehead atoms. The first-order chi connectivity index (χ1) is 8.45. The number of hydroxylamine groups is 2. The molecule has 1 atom stereocenters. The van der Waals surface area contributed by atoms with Gasteiger partial charge in [0.1, 0.15) is 11.9 Å². The molecule has 1 rings (SSSR count).